The number of urea groups is 1. The van der Waals surface area contributed by atoms with Gasteiger partial charge in [0, 0.05) is 32.7 Å². The van der Waals surface area contributed by atoms with Gasteiger partial charge in [0.25, 0.3) is 0 Å². The van der Waals surface area contributed by atoms with Crippen molar-refractivity contribution in [3.8, 4) is 0 Å². The van der Waals surface area contributed by atoms with Gasteiger partial charge >= 0.3 is 12.0 Å². The SMILES string of the molecule is CN(CC1CCCOC1)C(=O)NCC(C)(C)C(=O)O. The summed E-state index contributed by atoms with van der Waals surface area (Å²) in [5, 5.41) is 11.6. The van der Waals surface area contributed by atoms with Gasteiger partial charge in [-0.1, -0.05) is 0 Å². The summed E-state index contributed by atoms with van der Waals surface area (Å²) in [6, 6.07) is -0.236. The molecule has 0 aliphatic carbocycles. The van der Waals surface area contributed by atoms with Gasteiger partial charge < -0.3 is 20.1 Å². The minimum absolute atomic E-state index is 0.118. The van der Waals surface area contributed by atoms with E-state index in [4.69, 9.17) is 9.84 Å². The van der Waals surface area contributed by atoms with Gasteiger partial charge in [0.2, 0.25) is 0 Å². The quantitative estimate of drug-likeness (QED) is 0.787. The molecule has 0 bridgehead atoms. The Bertz CT molecular complexity index is 325. The lowest BCUT2D eigenvalue weighted by molar-refractivity contribution is -0.146. The molecule has 0 spiro atoms. The van der Waals surface area contributed by atoms with Crippen molar-refractivity contribution in [3.63, 3.8) is 0 Å². The normalized spacial score (nSPS) is 19.8. The van der Waals surface area contributed by atoms with E-state index in [9.17, 15) is 9.59 Å². The number of ether oxygens (including phenoxy) is 1. The number of carbonyl (C=O) groups is 2. The van der Waals surface area contributed by atoms with E-state index >= 15 is 0 Å². The van der Waals surface area contributed by atoms with Crippen molar-refractivity contribution in [2.24, 2.45) is 11.3 Å². The molecule has 0 saturated carbocycles. The van der Waals surface area contributed by atoms with Crippen LogP contribution in [-0.4, -0.2) is 55.4 Å². The highest BCUT2D eigenvalue weighted by Crippen LogP contribution is 2.15. The summed E-state index contributed by atoms with van der Waals surface area (Å²) in [5.41, 5.74) is -0.954. The maximum atomic E-state index is 11.9. The monoisotopic (exact) mass is 272 g/mol. The summed E-state index contributed by atoms with van der Waals surface area (Å²) in [6.45, 7) is 5.43. The molecule has 1 aliphatic heterocycles. The number of nitrogens with zero attached hydrogens (tertiary/aromatic N) is 1. The van der Waals surface area contributed by atoms with Gasteiger partial charge in [-0.25, -0.2) is 4.79 Å². The molecule has 6 nitrogen and oxygen atoms in total. The number of amides is 2. The number of aliphatic carboxylic acids is 1. The molecule has 0 aromatic heterocycles. The summed E-state index contributed by atoms with van der Waals surface area (Å²) in [6.07, 6.45) is 2.10. The predicted octanol–water partition coefficient (Wildman–Crippen LogP) is 1.17. The number of hydrogen-bond acceptors (Lipinski definition) is 3. The van der Waals surface area contributed by atoms with Crippen molar-refractivity contribution in [2.75, 3.05) is 33.4 Å². The number of nitrogens with one attached hydrogen (secondary N) is 1. The highest BCUT2D eigenvalue weighted by Gasteiger charge is 2.28. The standard InChI is InChI=1S/C13H24N2O4/c1-13(2,11(16)17)9-14-12(18)15(3)7-10-5-4-6-19-8-10/h10H,4-9H2,1-3H3,(H,14,18)(H,16,17). The Balaban J connectivity index is 2.34. The summed E-state index contributed by atoms with van der Waals surface area (Å²) < 4.78 is 5.37. The van der Waals surface area contributed by atoms with Crippen LogP contribution in [0.3, 0.4) is 0 Å². The van der Waals surface area contributed by atoms with E-state index in [1.54, 1.807) is 25.8 Å². The first-order chi connectivity index (χ1) is 8.83. The van der Waals surface area contributed by atoms with Crippen LogP contribution in [0.15, 0.2) is 0 Å². The fraction of sp³-hybridized carbons (Fsp3) is 0.846. The zero-order chi connectivity index (χ0) is 14.5. The Morgan fingerprint density at radius 1 is 1.47 bits per heavy atom. The Labute approximate surface area is 114 Å². The van der Waals surface area contributed by atoms with Crippen molar-refractivity contribution in [1.82, 2.24) is 10.2 Å². The minimum atomic E-state index is -0.954. The van der Waals surface area contributed by atoms with Gasteiger partial charge in [0.05, 0.1) is 12.0 Å². The average Bonchev–Trinajstić information content (AvgIpc) is 2.37. The first-order valence-electron chi connectivity index (χ1n) is 6.63. The first-order valence-corrected chi connectivity index (χ1v) is 6.63. The van der Waals surface area contributed by atoms with Crippen LogP contribution in [0.1, 0.15) is 26.7 Å². The molecular formula is C13H24N2O4. The molecule has 19 heavy (non-hydrogen) atoms. The van der Waals surface area contributed by atoms with Crippen molar-refractivity contribution >= 4 is 12.0 Å². The van der Waals surface area contributed by atoms with Crippen molar-refractivity contribution in [2.45, 2.75) is 26.7 Å². The minimum Gasteiger partial charge on any atom is -0.481 e. The Kier molecular flexibility index (Phi) is 5.60. The Morgan fingerprint density at radius 2 is 2.16 bits per heavy atom. The van der Waals surface area contributed by atoms with E-state index in [0.29, 0.717) is 19.1 Å². The van der Waals surface area contributed by atoms with Crippen LogP contribution < -0.4 is 5.32 Å². The maximum absolute atomic E-state index is 11.9. The number of carboxylic acids is 1. The second kappa shape index (κ2) is 6.75. The summed E-state index contributed by atoms with van der Waals surface area (Å²) in [5.74, 6) is -0.548. The topological polar surface area (TPSA) is 78.9 Å². The first kappa shape index (κ1) is 15.8. The third-order valence-corrected chi connectivity index (χ3v) is 3.39. The van der Waals surface area contributed by atoms with Gasteiger partial charge in [-0.2, -0.15) is 0 Å². The molecule has 1 aliphatic rings. The molecule has 1 heterocycles. The van der Waals surface area contributed by atoms with Gasteiger partial charge in [-0.15, -0.1) is 0 Å². The largest absolute Gasteiger partial charge is 0.481 e. The molecule has 0 radical (unpaired) electrons. The van der Waals surface area contributed by atoms with Crippen molar-refractivity contribution in [3.05, 3.63) is 0 Å². The molecule has 1 saturated heterocycles. The van der Waals surface area contributed by atoms with Crippen molar-refractivity contribution in [1.29, 1.82) is 0 Å². The lowest BCUT2D eigenvalue weighted by Gasteiger charge is -2.28. The lowest BCUT2D eigenvalue weighted by Crippen LogP contribution is -2.46. The Hall–Kier alpha value is -1.30. The molecular weight excluding hydrogens is 248 g/mol. The number of hydrogen-bond donors (Lipinski definition) is 2. The zero-order valence-corrected chi connectivity index (χ0v) is 11.9. The van der Waals surface area contributed by atoms with Crippen LogP contribution in [0, 0.1) is 11.3 Å². The average molecular weight is 272 g/mol. The highest BCUT2D eigenvalue weighted by molar-refractivity contribution is 5.77. The number of carboxylic acid groups (broad SMARTS) is 1. The lowest BCUT2D eigenvalue weighted by atomic mass is 9.94. The van der Waals surface area contributed by atoms with Crippen LogP contribution >= 0.6 is 0 Å². The van der Waals surface area contributed by atoms with E-state index in [1.165, 1.54) is 0 Å². The molecule has 1 atom stereocenters. The number of rotatable bonds is 5. The smallest absolute Gasteiger partial charge is 0.317 e. The molecule has 0 aromatic rings. The highest BCUT2D eigenvalue weighted by atomic mass is 16.5. The van der Waals surface area contributed by atoms with E-state index in [2.05, 4.69) is 5.32 Å². The van der Waals surface area contributed by atoms with Gasteiger partial charge in [-0.05, 0) is 26.7 Å². The second-order valence-corrected chi connectivity index (χ2v) is 5.81. The molecule has 110 valence electrons. The molecule has 0 aromatic carbocycles. The summed E-state index contributed by atoms with van der Waals surface area (Å²) in [7, 11) is 1.72. The van der Waals surface area contributed by atoms with Gasteiger partial charge in [-0.3, -0.25) is 4.79 Å². The van der Waals surface area contributed by atoms with Crippen LogP contribution in [-0.2, 0) is 9.53 Å². The second-order valence-electron chi connectivity index (χ2n) is 5.81. The maximum Gasteiger partial charge on any atom is 0.317 e. The van der Waals surface area contributed by atoms with E-state index in [-0.39, 0.29) is 12.6 Å². The fourth-order valence-electron chi connectivity index (χ4n) is 1.93. The predicted molar refractivity (Wildman–Crippen MR) is 71.0 cm³/mol. The molecule has 6 heteroatoms. The van der Waals surface area contributed by atoms with Gasteiger partial charge in [0.1, 0.15) is 0 Å². The third-order valence-electron chi connectivity index (χ3n) is 3.39. The van der Waals surface area contributed by atoms with Crippen LogP contribution in [0.25, 0.3) is 0 Å². The van der Waals surface area contributed by atoms with Crippen LogP contribution in [0.4, 0.5) is 4.79 Å². The molecule has 1 unspecified atom stereocenters. The van der Waals surface area contributed by atoms with Crippen LogP contribution in [0.5, 0.6) is 0 Å². The van der Waals surface area contributed by atoms with Crippen LogP contribution in [0.2, 0.25) is 0 Å². The van der Waals surface area contributed by atoms with Crippen molar-refractivity contribution < 1.29 is 19.4 Å². The fourth-order valence-corrected chi connectivity index (χ4v) is 1.93. The molecule has 2 N–H and O–H groups in total. The molecule has 1 rings (SSSR count). The molecule has 1 fully saturated rings. The van der Waals surface area contributed by atoms with E-state index < -0.39 is 11.4 Å². The number of carbonyl (C=O) groups excluding carboxylic acids is 1. The Morgan fingerprint density at radius 3 is 2.68 bits per heavy atom. The molecule has 2 amide bonds. The van der Waals surface area contributed by atoms with E-state index in [0.717, 1.165) is 19.4 Å². The third kappa shape index (κ3) is 5.06. The summed E-state index contributed by atoms with van der Waals surface area (Å²) >= 11 is 0. The van der Waals surface area contributed by atoms with Gasteiger partial charge in [0.15, 0.2) is 0 Å². The summed E-state index contributed by atoms with van der Waals surface area (Å²) in [4.78, 5) is 24.4. The van der Waals surface area contributed by atoms with E-state index in [1.807, 2.05) is 0 Å². The zero-order valence-electron chi connectivity index (χ0n) is 11.9.